The highest BCUT2D eigenvalue weighted by Crippen LogP contribution is 2.34. The molecule has 3 amide bonds. The number of carbonyl (C=O) groups is 2. The van der Waals surface area contributed by atoms with E-state index < -0.39 is 29.1 Å². The van der Waals surface area contributed by atoms with Gasteiger partial charge in [0.05, 0.1) is 6.54 Å². The maximum Gasteiger partial charge on any atom is 0.325 e. The van der Waals surface area contributed by atoms with Crippen LogP contribution in [0.25, 0.3) is 0 Å². The summed E-state index contributed by atoms with van der Waals surface area (Å²) in [6.45, 7) is 1.68. The highest BCUT2D eigenvalue weighted by molar-refractivity contribution is 6.31. The molecule has 2 aromatic carbocycles. The molecule has 1 saturated heterocycles. The Morgan fingerprint density at radius 2 is 1.72 bits per heavy atom. The monoisotopic (exact) mass is 364 g/mol. The minimum Gasteiger partial charge on any atom is -0.319 e. The average molecular weight is 365 g/mol. The smallest absolute Gasteiger partial charge is 0.319 e. The van der Waals surface area contributed by atoms with Crippen LogP contribution in [0.5, 0.6) is 0 Å². The number of hydrogen-bond acceptors (Lipinski definition) is 2. The summed E-state index contributed by atoms with van der Waals surface area (Å²) < 4.78 is 26.4. The molecule has 7 heteroatoms. The van der Waals surface area contributed by atoms with Crippen molar-refractivity contribution in [1.82, 2.24) is 10.2 Å². The zero-order chi connectivity index (χ0) is 18.2. The van der Waals surface area contributed by atoms with E-state index in [1.807, 2.05) is 0 Å². The molecule has 0 aliphatic carbocycles. The average Bonchev–Trinajstić information content (AvgIpc) is 2.82. The minimum absolute atomic E-state index is 0.0767. The number of benzene rings is 2. The van der Waals surface area contributed by atoms with Gasteiger partial charge in [0, 0.05) is 5.02 Å². The van der Waals surface area contributed by atoms with Crippen molar-refractivity contribution in [2.45, 2.75) is 25.4 Å². The van der Waals surface area contributed by atoms with E-state index in [2.05, 4.69) is 5.32 Å². The summed E-state index contributed by atoms with van der Waals surface area (Å²) >= 11 is 5.99. The van der Waals surface area contributed by atoms with Crippen molar-refractivity contribution in [2.24, 2.45) is 0 Å². The summed E-state index contributed by atoms with van der Waals surface area (Å²) in [4.78, 5) is 26.4. The van der Waals surface area contributed by atoms with Crippen molar-refractivity contribution in [1.29, 1.82) is 0 Å². The second-order valence-electron chi connectivity index (χ2n) is 5.82. The fourth-order valence-electron chi connectivity index (χ4n) is 2.96. The lowest BCUT2D eigenvalue weighted by Crippen LogP contribution is -2.43. The summed E-state index contributed by atoms with van der Waals surface area (Å²) in [7, 11) is 0. The van der Waals surface area contributed by atoms with Crippen LogP contribution >= 0.6 is 11.6 Å². The number of carbonyl (C=O) groups excluding carboxylic acids is 2. The highest BCUT2D eigenvalue weighted by Gasteiger charge is 2.51. The van der Waals surface area contributed by atoms with Crippen LogP contribution in [0.2, 0.25) is 5.02 Å². The van der Waals surface area contributed by atoms with Crippen molar-refractivity contribution in [3.63, 3.8) is 0 Å². The molecule has 1 unspecified atom stereocenters. The third-order valence-corrected chi connectivity index (χ3v) is 4.74. The van der Waals surface area contributed by atoms with Crippen LogP contribution in [0.4, 0.5) is 13.6 Å². The molecule has 1 aliphatic heterocycles. The summed E-state index contributed by atoms with van der Waals surface area (Å²) in [6, 6.07) is 8.64. The Hall–Kier alpha value is -2.47. The van der Waals surface area contributed by atoms with Gasteiger partial charge < -0.3 is 5.32 Å². The Morgan fingerprint density at radius 3 is 2.32 bits per heavy atom. The zero-order valence-corrected chi connectivity index (χ0v) is 14.1. The zero-order valence-electron chi connectivity index (χ0n) is 13.4. The quantitative estimate of drug-likeness (QED) is 0.834. The van der Waals surface area contributed by atoms with Crippen LogP contribution in [-0.4, -0.2) is 16.8 Å². The van der Waals surface area contributed by atoms with Gasteiger partial charge >= 0.3 is 6.03 Å². The molecule has 130 valence electrons. The Labute approximate surface area is 148 Å². The van der Waals surface area contributed by atoms with Gasteiger partial charge in [-0.2, -0.15) is 0 Å². The molecule has 1 atom stereocenters. The van der Waals surface area contributed by atoms with Gasteiger partial charge in [-0.15, -0.1) is 0 Å². The number of nitrogens with zero attached hydrogens (tertiary/aromatic N) is 1. The normalized spacial score (nSPS) is 20.1. The molecule has 4 nitrogen and oxygen atoms in total. The fourth-order valence-corrected chi connectivity index (χ4v) is 3.19. The van der Waals surface area contributed by atoms with E-state index in [9.17, 15) is 18.4 Å². The third kappa shape index (κ3) is 2.98. The van der Waals surface area contributed by atoms with Gasteiger partial charge in [-0.3, -0.25) is 9.69 Å². The molecule has 0 radical (unpaired) electrons. The van der Waals surface area contributed by atoms with E-state index in [-0.39, 0.29) is 11.6 Å². The first-order valence-corrected chi connectivity index (χ1v) is 8.09. The van der Waals surface area contributed by atoms with E-state index in [4.69, 9.17) is 11.6 Å². The second-order valence-corrected chi connectivity index (χ2v) is 6.23. The molecular weight excluding hydrogens is 350 g/mol. The van der Waals surface area contributed by atoms with Crippen LogP contribution in [-0.2, 0) is 16.9 Å². The van der Waals surface area contributed by atoms with Gasteiger partial charge in [0.2, 0.25) is 0 Å². The number of nitrogens with one attached hydrogen (secondary N) is 1. The molecule has 0 spiro atoms. The second kappa shape index (κ2) is 6.44. The van der Waals surface area contributed by atoms with Crippen molar-refractivity contribution in [2.75, 3.05) is 0 Å². The van der Waals surface area contributed by atoms with Gasteiger partial charge in [0.1, 0.15) is 17.2 Å². The number of hydrogen-bond donors (Lipinski definition) is 1. The van der Waals surface area contributed by atoms with Gasteiger partial charge in [-0.25, -0.2) is 13.6 Å². The van der Waals surface area contributed by atoms with Gasteiger partial charge in [0.15, 0.2) is 0 Å². The summed E-state index contributed by atoms with van der Waals surface area (Å²) in [5.74, 6) is -1.38. The molecule has 0 saturated carbocycles. The highest BCUT2D eigenvalue weighted by atomic mass is 35.5. The molecule has 0 aromatic heterocycles. The first kappa shape index (κ1) is 17.4. The van der Waals surface area contributed by atoms with E-state index >= 15 is 0 Å². The van der Waals surface area contributed by atoms with Gasteiger partial charge in [-0.05, 0) is 41.8 Å². The topological polar surface area (TPSA) is 49.4 Å². The molecule has 1 aliphatic rings. The molecule has 0 bridgehead atoms. The van der Waals surface area contributed by atoms with E-state index in [0.29, 0.717) is 17.5 Å². The van der Waals surface area contributed by atoms with E-state index in [1.165, 1.54) is 36.4 Å². The molecule has 1 N–H and O–H groups in total. The number of rotatable bonds is 4. The summed E-state index contributed by atoms with van der Waals surface area (Å²) in [6.07, 6.45) is 0.302. The van der Waals surface area contributed by atoms with Crippen molar-refractivity contribution >= 4 is 23.5 Å². The predicted octanol–water partition coefficient (Wildman–Crippen LogP) is 3.98. The SMILES string of the molecule is CCC1(c2ccc(F)cc2)NC(=O)N(Cc2ccc(F)cc2Cl)C1=O. The van der Waals surface area contributed by atoms with Crippen molar-refractivity contribution in [3.05, 3.63) is 70.2 Å². The fraction of sp³-hybridized carbons (Fsp3) is 0.222. The third-order valence-electron chi connectivity index (χ3n) is 4.39. The molecule has 2 aromatic rings. The van der Waals surface area contributed by atoms with E-state index in [1.54, 1.807) is 6.92 Å². The standard InChI is InChI=1S/C18H15ClF2N2O2/c1-2-18(12-4-7-13(20)8-5-12)16(24)23(17(25)22-18)10-11-3-6-14(21)9-15(11)19/h3-9H,2,10H2,1H3,(H,22,25). The van der Waals surface area contributed by atoms with Crippen LogP contribution in [0.3, 0.4) is 0 Å². The Morgan fingerprint density at radius 1 is 1.08 bits per heavy atom. The minimum atomic E-state index is -1.25. The molecule has 1 fully saturated rings. The molecule has 1 heterocycles. The maximum atomic E-state index is 13.2. The predicted molar refractivity (Wildman–Crippen MR) is 88.9 cm³/mol. The maximum absolute atomic E-state index is 13.2. The molecule has 25 heavy (non-hydrogen) atoms. The number of urea groups is 1. The van der Waals surface area contributed by atoms with E-state index in [0.717, 1.165) is 11.0 Å². The lowest BCUT2D eigenvalue weighted by molar-refractivity contribution is -0.132. The first-order valence-electron chi connectivity index (χ1n) is 7.71. The number of amides is 3. The lowest BCUT2D eigenvalue weighted by atomic mass is 9.87. The molecule has 3 rings (SSSR count). The van der Waals surface area contributed by atoms with Crippen molar-refractivity contribution in [3.8, 4) is 0 Å². The van der Waals surface area contributed by atoms with Gasteiger partial charge in [0.25, 0.3) is 5.91 Å². The largest absolute Gasteiger partial charge is 0.325 e. The van der Waals surface area contributed by atoms with Crippen LogP contribution in [0.1, 0.15) is 24.5 Å². The Bertz CT molecular complexity index is 841. The summed E-state index contributed by atoms with van der Waals surface area (Å²) in [5.41, 5.74) is -0.294. The number of imide groups is 1. The Balaban J connectivity index is 1.94. The summed E-state index contributed by atoms with van der Waals surface area (Å²) in [5, 5.41) is 2.84. The van der Waals surface area contributed by atoms with Crippen LogP contribution in [0.15, 0.2) is 42.5 Å². The van der Waals surface area contributed by atoms with Crippen LogP contribution < -0.4 is 5.32 Å². The lowest BCUT2D eigenvalue weighted by Gasteiger charge is -2.25. The van der Waals surface area contributed by atoms with Crippen LogP contribution in [0, 0.1) is 11.6 Å². The van der Waals surface area contributed by atoms with Crippen molar-refractivity contribution < 1.29 is 18.4 Å². The number of halogens is 3. The first-order chi connectivity index (χ1) is 11.9. The Kier molecular flexibility index (Phi) is 4.47. The molecular formula is C18H15ClF2N2O2. The van der Waals surface area contributed by atoms with Gasteiger partial charge in [-0.1, -0.05) is 36.7 Å².